The maximum Gasteiger partial charge on any atom is 0.265 e. The van der Waals surface area contributed by atoms with Crippen LogP contribution in [0.25, 0.3) is 0 Å². The van der Waals surface area contributed by atoms with Crippen molar-refractivity contribution in [3.63, 3.8) is 0 Å². The van der Waals surface area contributed by atoms with E-state index in [9.17, 15) is 13.9 Å². The normalized spacial score (nSPS) is 18.5. The van der Waals surface area contributed by atoms with Gasteiger partial charge in [0.2, 0.25) is 0 Å². The molecule has 0 unspecified atom stereocenters. The molecule has 5 heteroatoms. The van der Waals surface area contributed by atoms with Gasteiger partial charge in [0.1, 0.15) is 0 Å². The number of aliphatic hydroxyl groups excluding tert-OH is 1. The van der Waals surface area contributed by atoms with Gasteiger partial charge < -0.3 is 16.2 Å². The maximum atomic E-state index is 13.0. The lowest BCUT2D eigenvalue weighted by atomic mass is 9.82. The smallest absolute Gasteiger partial charge is 0.265 e. The highest BCUT2D eigenvalue weighted by Crippen LogP contribution is 2.35. The molecule has 0 radical (unpaired) electrons. The highest BCUT2D eigenvalue weighted by atomic mass is 19.3. The Hall–Kier alpha value is -1.36. The summed E-state index contributed by atoms with van der Waals surface area (Å²) in [4.78, 5) is 0. The molecular weight excluding hydrogens is 250 g/mol. The van der Waals surface area contributed by atoms with Crippen molar-refractivity contribution < 1.29 is 13.9 Å². The van der Waals surface area contributed by atoms with Gasteiger partial charge >= 0.3 is 0 Å². The van der Waals surface area contributed by atoms with E-state index in [1.807, 2.05) is 0 Å². The molecule has 106 valence electrons. The van der Waals surface area contributed by atoms with Gasteiger partial charge in [0.15, 0.2) is 0 Å². The number of nitrogen functional groups attached to an aromatic ring is 1. The molecule has 1 fully saturated rings. The summed E-state index contributed by atoms with van der Waals surface area (Å²) >= 11 is 0. The fourth-order valence-corrected chi connectivity index (χ4v) is 2.71. The molecule has 1 saturated carbocycles. The molecule has 0 bridgehead atoms. The molecule has 0 aliphatic heterocycles. The molecule has 1 aliphatic carbocycles. The Labute approximate surface area is 111 Å². The quantitative estimate of drug-likeness (QED) is 0.736. The Bertz CT molecular complexity index is 431. The first-order valence-corrected chi connectivity index (χ1v) is 6.63. The second kappa shape index (κ2) is 5.74. The van der Waals surface area contributed by atoms with Crippen LogP contribution in [0.4, 0.5) is 20.2 Å². The third kappa shape index (κ3) is 3.15. The maximum absolute atomic E-state index is 13.0. The highest BCUT2D eigenvalue weighted by molar-refractivity contribution is 5.59. The predicted octanol–water partition coefficient (Wildman–Crippen LogP) is 3.31. The molecule has 0 amide bonds. The molecule has 0 spiro atoms. The van der Waals surface area contributed by atoms with E-state index in [1.165, 1.54) is 6.07 Å². The lowest BCUT2D eigenvalue weighted by molar-refractivity contribution is 0.150. The topological polar surface area (TPSA) is 58.3 Å². The van der Waals surface area contributed by atoms with Crippen molar-refractivity contribution in [2.75, 3.05) is 17.7 Å². The fraction of sp³-hybridized carbons (Fsp3) is 0.571. The Morgan fingerprint density at radius 3 is 2.53 bits per heavy atom. The summed E-state index contributed by atoms with van der Waals surface area (Å²) in [5.74, 6) is 0. The minimum absolute atomic E-state index is 0.0416. The number of rotatable bonds is 4. The van der Waals surface area contributed by atoms with Crippen molar-refractivity contribution >= 4 is 11.4 Å². The molecule has 0 saturated heterocycles. The molecule has 1 aromatic carbocycles. The van der Waals surface area contributed by atoms with Crippen LogP contribution in [-0.2, 0) is 0 Å². The van der Waals surface area contributed by atoms with Crippen molar-refractivity contribution in [1.82, 2.24) is 0 Å². The van der Waals surface area contributed by atoms with Crippen LogP contribution in [0.2, 0.25) is 0 Å². The Morgan fingerprint density at radius 1 is 1.26 bits per heavy atom. The van der Waals surface area contributed by atoms with Crippen LogP contribution in [0.1, 0.15) is 44.1 Å². The lowest BCUT2D eigenvalue weighted by Gasteiger charge is -2.38. The van der Waals surface area contributed by atoms with E-state index in [1.54, 1.807) is 12.1 Å². The minimum atomic E-state index is -2.58. The number of nitrogens with two attached hydrogens (primary N) is 1. The number of hydrogen-bond donors (Lipinski definition) is 3. The Morgan fingerprint density at radius 2 is 1.95 bits per heavy atom. The van der Waals surface area contributed by atoms with Gasteiger partial charge in [-0.2, -0.15) is 0 Å². The zero-order valence-corrected chi connectivity index (χ0v) is 10.8. The first-order valence-electron chi connectivity index (χ1n) is 6.63. The van der Waals surface area contributed by atoms with Crippen LogP contribution in [0.3, 0.4) is 0 Å². The molecule has 0 atom stereocenters. The zero-order valence-electron chi connectivity index (χ0n) is 10.8. The summed E-state index contributed by atoms with van der Waals surface area (Å²) in [6, 6.07) is 4.46. The summed E-state index contributed by atoms with van der Waals surface area (Å²) in [6.07, 6.45) is 2.17. The molecule has 0 heterocycles. The second-order valence-corrected chi connectivity index (χ2v) is 5.27. The minimum Gasteiger partial charge on any atom is -0.399 e. The van der Waals surface area contributed by atoms with E-state index < -0.39 is 12.0 Å². The lowest BCUT2D eigenvalue weighted by Crippen LogP contribution is -2.44. The Kier molecular flexibility index (Phi) is 4.24. The first kappa shape index (κ1) is 14.1. The van der Waals surface area contributed by atoms with Gasteiger partial charge in [0, 0.05) is 16.9 Å². The third-order valence-electron chi connectivity index (χ3n) is 3.82. The third-order valence-corrected chi connectivity index (χ3v) is 3.82. The van der Waals surface area contributed by atoms with E-state index in [-0.39, 0.29) is 12.2 Å². The van der Waals surface area contributed by atoms with E-state index in [2.05, 4.69) is 5.32 Å². The largest absolute Gasteiger partial charge is 0.399 e. The van der Waals surface area contributed by atoms with E-state index in [0.29, 0.717) is 11.4 Å². The van der Waals surface area contributed by atoms with Crippen molar-refractivity contribution in [1.29, 1.82) is 0 Å². The first-order chi connectivity index (χ1) is 9.06. The number of alkyl halides is 2. The molecule has 1 aliphatic rings. The average molecular weight is 270 g/mol. The number of aliphatic hydroxyl groups is 1. The van der Waals surface area contributed by atoms with Gasteiger partial charge in [0.25, 0.3) is 6.43 Å². The van der Waals surface area contributed by atoms with Crippen molar-refractivity contribution in [2.24, 2.45) is 0 Å². The summed E-state index contributed by atoms with van der Waals surface area (Å²) in [6.45, 7) is -0.0416. The van der Waals surface area contributed by atoms with Gasteiger partial charge in [-0.1, -0.05) is 19.3 Å². The van der Waals surface area contributed by atoms with Crippen molar-refractivity contribution in [3.8, 4) is 0 Å². The molecule has 0 aromatic heterocycles. The van der Waals surface area contributed by atoms with Gasteiger partial charge in [0.05, 0.1) is 12.1 Å². The van der Waals surface area contributed by atoms with E-state index in [4.69, 9.17) is 5.73 Å². The molecular formula is C14H20F2N2O. The molecule has 4 N–H and O–H groups in total. The number of anilines is 2. The SMILES string of the molecule is Nc1ccc(NC2(CO)CCCCC2)c(C(F)F)c1. The number of nitrogens with one attached hydrogen (secondary N) is 1. The molecule has 3 nitrogen and oxygen atoms in total. The van der Waals surface area contributed by atoms with Crippen LogP contribution in [0.5, 0.6) is 0 Å². The predicted molar refractivity (Wildman–Crippen MR) is 72.3 cm³/mol. The summed E-state index contributed by atoms with van der Waals surface area (Å²) in [5, 5.41) is 12.7. The summed E-state index contributed by atoms with van der Waals surface area (Å²) < 4.78 is 26.1. The molecule has 1 aromatic rings. The summed E-state index contributed by atoms with van der Waals surface area (Å²) in [7, 11) is 0. The van der Waals surface area contributed by atoms with Crippen LogP contribution < -0.4 is 11.1 Å². The van der Waals surface area contributed by atoms with Crippen molar-refractivity contribution in [3.05, 3.63) is 23.8 Å². The van der Waals surface area contributed by atoms with Crippen molar-refractivity contribution in [2.45, 2.75) is 44.1 Å². The fourth-order valence-electron chi connectivity index (χ4n) is 2.71. The average Bonchev–Trinajstić information content (AvgIpc) is 2.42. The summed E-state index contributed by atoms with van der Waals surface area (Å²) in [5.41, 5.74) is 5.68. The van der Waals surface area contributed by atoms with E-state index in [0.717, 1.165) is 32.1 Å². The Balaban J connectivity index is 2.26. The van der Waals surface area contributed by atoms with Gasteiger partial charge in [-0.3, -0.25) is 0 Å². The van der Waals surface area contributed by atoms with E-state index >= 15 is 0 Å². The van der Waals surface area contributed by atoms with Crippen LogP contribution in [0, 0.1) is 0 Å². The molecule has 2 rings (SSSR count). The number of halogens is 2. The second-order valence-electron chi connectivity index (χ2n) is 5.27. The van der Waals surface area contributed by atoms with Crippen LogP contribution in [0.15, 0.2) is 18.2 Å². The monoisotopic (exact) mass is 270 g/mol. The van der Waals surface area contributed by atoms with Gasteiger partial charge in [-0.25, -0.2) is 8.78 Å². The number of hydrogen-bond acceptors (Lipinski definition) is 3. The number of benzene rings is 1. The van der Waals surface area contributed by atoms with Crippen LogP contribution in [-0.4, -0.2) is 17.3 Å². The molecule has 19 heavy (non-hydrogen) atoms. The van der Waals surface area contributed by atoms with Crippen LogP contribution >= 0.6 is 0 Å². The highest BCUT2D eigenvalue weighted by Gasteiger charge is 2.32. The zero-order chi connectivity index (χ0) is 13.9. The van der Waals surface area contributed by atoms with Gasteiger partial charge in [-0.15, -0.1) is 0 Å². The standard InChI is InChI=1S/C14H20F2N2O/c15-13(16)11-8-10(17)4-5-12(11)18-14(9-19)6-2-1-3-7-14/h4-5,8,13,18-19H,1-3,6-7,9,17H2. The van der Waals surface area contributed by atoms with Gasteiger partial charge in [-0.05, 0) is 31.0 Å².